The normalized spacial score (nSPS) is 10.5. The van der Waals surface area contributed by atoms with Gasteiger partial charge in [0.2, 0.25) is 5.91 Å². The van der Waals surface area contributed by atoms with Crippen LogP contribution in [0.4, 0.5) is 0 Å². The average Bonchev–Trinajstić information content (AvgIpc) is 2.58. The summed E-state index contributed by atoms with van der Waals surface area (Å²) in [5.74, 6) is 0.929. The summed E-state index contributed by atoms with van der Waals surface area (Å²) < 4.78 is 5.82. The maximum absolute atomic E-state index is 11.5. The molecule has 0 aliphatic heterocycles. The van der Waals surface area contributed by atoms with Crippen LogP contribution in [-0.4, -0.2) is 31.4 Å². The van der Waals surface area contributed by atoms with Crippen LogP contribution in [0.25, 0.3) is 0 Å². The molecule has 2 aromatic rings. The Morgan fingerprint density at radius 1 is 1.17 bits per heavy atom. The molecule has 0 unspecified atom stereocenters. The lowest BCUT2D eigenvalue weighted by molar-refractivity contribution is -0.128. The van der Waals surface area contributed by atoms with Crippen LogP contribution in [0, 0.1) is 0 Å². The van der Waals surface area contributed by atoms with E-state index in [2.05, 4.69) is 5.32 Å². The van der Waals surface area contributed by atoms with Gasteiger partial charge in [-0.05, 0) is 23.8 Å². The Balaban J connectivity index is 1.81. The first kappa shape index (κ1) is 18.3. The second-order valence-electron chi connectivity index (χ2n) is 5.74. The van der Waals surface area contributed by atoms with Crippen molar-refractivity contribution in [3.05, 3.63) is 64.7 Å². The molecule has 24 heavy (non-hydrogen) atoms. The number of ether oxygens (including phenoxy) is 1. The van der Waals surface area contributed by atoms with Gasteiger partial charge in [-0.25, -0.2) is 0 Å². The van der Waals surface area contributed by atoms with Crippen molar-refractivity contribution in [3.8, 4) is 5.75 Å². The van der Waals surface area contributed by atoms with E-state index in [9.17, 15) is 4.79 Å². The molecular weight excluding hydrogens is 324 g/mol. The highest BCUT2D eigenvalue weighted by Gasteiger charge is 2.04. The molecule has 1 amide bonds. The van der Waals surface area contributed by atoms with Crippen LogP contribution in [-0.2, 0) is 17.9 Å². The molecule has 5 heteroatoms. The molecule has 0 heterocycles. The Kier molecular flexibility index (Phi) is 7.09. The van der Waals surface area contributed by atoms with E-state index in [1.165, 1.54) is 0 Å². The highest BCUT2D eigenvalue weighted by molar-refractivity contribution is 6.31. The minimum absolute atomic E-state index is 0.124. The van der Waals surface area contributed by atoms with E-state index in [4.69, 9.17) is 16.3 Å². The van der Waals surface area contributed by atoms with Crippen molar-refractivity contribution in [1.29, 1.82) is 0 Å². The van der Waals surface area contributed by atoms with Crippen LogP contribution < -0.4 is 10.1 Å². The molecule has 128 valence electrons. The predicted octanol–water partition coefficient (Wildman–Crippen LogP) is 3.49. The van der Waals surface area contributed by atoms with E-state index in [0.29, 0.717) is 31.1 Å². The maximum Gasteiger partial charge on any atom is 0.223 e. The fourth-order valence-corrected chi connectivity index (χ4v) is 2.36. The average molecular weight is 347 g/mol. The number of hydrogen-bond acceptors (Lipinski definition) is 3. The number of benzene rings is 2. The summed E-state index contributed by atoms with van der Waals surface area (Å²) in [5.41, 5.74) is 2.08. The van der Waals surface area contributed by atoms with Crippen molar-refractivity contribution in [1.82, 2.24) is 10.2 Å². The van der Waals surface area contributed by atoms with E-state index in [-0.39, 0.29) is 5.91 Å². The molecule has 0 bridgehead atoms. The monoisotopic (exact) mass is 346 g/mol. The molecule has 0 saturated heterocycles. The molecule has 4 nitrogen and oxygen atoms in total. The largest absolute Gasteiger partial charge is 0.489 e. The second-order valence-corrected chi connectivity index (χ2v) is 6.15. The lowest BCUT2D eigenvalue weighted by Crippen LogP contribution is -2.26. The lowest BCUT2D eigenvalue weighted by Gasteiger charge is -2.11. The fraction of sp³-hybridized carbons (Fsp3) is 0.316. The summed E-state index contributed by atoms with van der Waals surface area (Å²) in [5, 5.41) is 3.98. The highest BCUT2D eigenvalue weighted by Crippen LogP contribution is 2.19. The van der Waals surface area contributed by atoms with Gasteiger partial charge in [0.15, 0.2) is 0 Å². The van der Waals surface area contributed by atoms with Crippen molar-refractivity contribution >= 4 is 17.5 Å². The zero-order valence-electron chi connectivity index (χ0n) is 14.1. The van der Waals surface area contributed by atoms with Gasteiger partial charge in [0.05, 0.1) is 0 Å². The molecule has 0 fully saturated rings. The summed E-state index contributed by atoms with van der Waals surface area (Å²) in [6.45, 7) is 1.79. The number of amides is 1. The van der Waals surface area contributed by atoms with Crippen molar-refractivity contribution < 1.29 is 9.53 Å². The van der Waals surface area contributed by atoms with Crippen molar-refractivity contribution in [2.45, 2.75) is 19.6 Å². The topological polar surface area (TPSA) is 41.6 Å². The molecule has 0 saturated carbocycles. The standard InChI is InChI=1S/C19H23ClN2O2/c1-22(2)19(23)10-11-21-13-15-6-5-8-17(12-15)24-14-16-7-3-4-9-18(16)20/h3-9,12,21H,10-11,13-14H2,1-2H3. The van der Waals surface area contributed by atoms with E-state index in [1.54, 1.807) is 19.0 Å². The van der Waals surface area contributed by atoms with E-state index in [0.717, 1.165) is 16.9 Å². The van der Waals surface area contributed by atoms with Gasteiger partial charge < -0.3 is 15.0 Å². The van der Waals surface area contributed by atoms with Crippen LogP contribution in [0.1, 0.15) is 17.5 Å². The lowest BCUT2D eigenvalue weighted by atomic mass is 10.2. The Morgan fingerprint density at radius 3 is 2.71 bits per heavy atom. The fourth-order valence-electron chi connectivity index (χ4n) is 2.17. The molecule has 0 aliphatic rings. The third-order valence-corrected chi connectivity index (χ3v) is 3.96. The Morgan fingerprint density at radius 2 is 1.96 bits per heavy atom. The van der Waals surface area contributed by atoms with Gasteiger partial charge in [0, 0.05) is 44.2 Å². The number of halogens is 1. The smallest absolute Gasteiger partial charge is 0.223 e. The SMILES string of the molecule is CN(C)C(=O)CCNCc1cccc(OCc2ccccc2Cl)c1. The van der Waals surface area contributed by atoms with Gasteiger partial charge in [0.25, 0.3) is 0 Å². The molecular formula is C19H23ClN2O2. The first-order chi connectivity index (χ1) is 11.6. The number of hydrogen-bond donors (Lipinski definition) is 1. The predicted molar refractivity (Wildman–Crippen MR) is 97.2 cm³/mol. The zero-order valence-corrected chi connectivity index (χ0v) is 14.8. The Hall–Kier alpha value is -2.04. The van der Waals surface area contributed by atoms with Crippen LogP contribution in [0.2, 0.25) is 5.02 Å². The van der Waals surface area contributed by atoms with E-state index >= 15 is 0 Å². The zero-order chi connectivity index (χ0) is 17.4. The molecule has 0 radical (unpaired) electrons. The third-order valence-electron chi connectivity index (χ3n) is 3.59. The minimum Gasteiger partial charge on any atom is -0.489 e. The Bertz CT molecular complexity index is 674. The van der Waals surface area contributed by atoms with Crippen molar-refractivity contribution in [2.24, 2.45) is 0 Å². The highest BCUT2D eigenvalue weighted by atomic mass is 35.5. The van der Waals surface area contributed by atoms with Crippen molar-refractivity contribution in [2.75, 3.05) is 20.6 Å². The number of carbonyl (C=O) groups excluding carboxylic acids is 1. The number of carbonyl (C=O) groups is 1. The third kappa shape index (κ3) is 5.87. The van der Waals surface area contributed by atoms with E-state index in [1.807, 2.05) is 48.5 Å². The quantitative estimate of drug-likeness (QED) is 0.744. The summed E-state index contributed by atoms with van der Waals surface area (Å²) >= 11 is 6.13. The number of nitrogens with one attached hydrogen (secondary N) is 1. The van der Waals surface area contributed by atoms with Crippen LogP contribution >= 0.6 is 11.6 Å². The van der Waals surface area contributed by atoms with Gasteiger partial charge >= 0.3 is 0 Å². The Labute approximate surface area is 148 Å². The molecule has 2 rings (SSSR count). The maximum atomic E-state index is 11.5. The minimum atomic E-state index is 0.124. The van der Waals surface area contributed by atoms with Gasteiger partial charge in [-0.3, -0.25) is 4.79 Å². The molecule has 2 aromatic carbocycles. The van der Waals surface area contributed by atoms with Gasteiger partial charge in [-0.15, -0.1) is 0 Å². The molecule has 1 N–H and O–H groups in total. The molecule has 0 aliphatic carbocycles. The van der Waals surface area contributed by atoms with Crippen LogP contribution in [0.3, 0.4) is 0 Å². The van der Waals surface area contributed by atoms with Crippen LogP contribution in [0.5, 0.6) is 5.75 Å². The van der Waals surface area contributed by atoms with Gasteiger partial charge in [-0.1, -0.05) is 41.9 Å². The van der Waals surface area contributed by atoms with Gasteiger partial charge in [-0.2, -0.15) is 0 Å². The summed E-state index contributed by atoms with van der Waals surface area (Å²) in [4.78, 5) is 13.1. The first-order valence-corrected chi connectivity index (χ1v) is 8.30. The second kappa shape index (κ2) is 9.30. The van der Waals surface area contributed by atoms with Crippen LogP contribution in [0.15, 0.2) is 48.5 Å². The van der Waals surface area contributed by atoms with Gasteiger partial charge in [0.1, 0.15) is 12.4 Å². The first-order valence-electron chi connectivity index (χ1n) is 7.92. The number of rotatable bonds is 8. The van der Waals surface area contributed by atoms with E-state index < -0.39 is 0 Å². The molecule has 0 aromatic heterocycles. The molecule has 0 atom stereocenters. The van der Waals surface area contributed by atoms with Crippen molar-refractivity contribution in [3.63, 3.8) is 0 Å². The summed E-state index contributed by atoms with van der Waals surface area (Å²) in [7, 11) is 3.53. The summed E-state index contributed by atoms with van der Waals surface area (Å²) in [6, 6.07) is 15.6. The summed E-state index contributed by atoms with van der Waals surface area (Å²) in [6.07, 6.45) is 0.496. The molecule has 0 spiro atoms. The number of nitrogens with zero attached hydrogens (tertiary/aromatic N) is 1.